The molecule has 3 rings (SSSR count). The van der Waals surface area contributed by atoms with E-state index in [1.165, 1.54) is 30.2 Å². The molecule has 0 bridgehead atoms. The van der Waals surface area contributed by atoms with Crippen LogP contribution in [0.25, 0.3) is 11.5 Å². The second kappa shape index (κ2) is 6.38. The van der Waals surface area contributed by atoms with Crippen LogP contribution in [0.3, 0.4) is 0 Å². The van der Waals surface area contributed by atoms with Gasteiger partial charge in [-0.15, -0.1) is 10.2 Å². The first-order valence-electron chi connectivity index (χ1n) is 7.20. The van der Waals surface area contributed by atoms with E-state index in [-0.39, 0.29) is 47.5 Å². The Morgan fingerprint density at radius 2 is 2.28 bits per heavy atom. The van der Waals surface area contributed by atoms with E-state index in [4.69, 9.17) is 14.9 Å². The van der Waals surface area contributed by atoms with Gasteiger partial charge in [0.15, 0.2) is 0 Å². The van der Waals surface area contributed by atoms with Crippen LogP contribution < -0.4 is 0 Å². The molecule has 8 nitrogen and oxygen atoms in total. The number of hydrogen-bond donors (Lipinski definition) is 2. The highest BCUT2D eigenvalue weighted by molar-refractivity contribution is 6.03. The van der Waals surface area contributed by atoms with Gasteiger partial charge < -0.3 is 19.8 Å². The number of aliphatic hydroxyl groups is 1. The molecule has 0 unspecified atom stereocenters. The van der Waals surface area contributed by atoms with E-state index < -0.39 is 12.3 Å². The number of nitrogens with zero attached hydrogens (tertiary/aromatic N) is 4. The molecule has 1 amide bonds. The molecule has 25 heavy (non-hydrogen) atoms. The number of aliphatic hydroxyl groups excluding tert-OH is 1. The lowest BCUT2D eigenvalue weighted by atomic mass is 10.1. The minimum absolute atomic E-state index is 0.0124. The van der Waals surface area contributed by atoms with Gasteiger partial charge >= 0.3 is 6.43 Å². The minimum Gasteiger partial charge on any atom is -0.513 e. The molecule has 1 aliphatic rings. The highest BCUT2D eigenvalue weighted by Gasteiger charge is 2.30. The lowest BCUT2D eigenvalue weighted by molar-refractivity contribution is 0.0801. The van der Waals surface area contributed by atoms with Crippen LogP contribution in [0.1, 0.15) is 35.3 Å². The minimum atomic E-state index is -2.88. The summed E-state index contributed by atoms with van der Waals surface area (Å²) >= 11 is 0. The van der Waals surface area contributed by atoms with Crippen molar-refractivity contribution in [2.45, 2.75) is 19.9 Å². The summed E-state index contributed by atoms with van der Waals surface area (Å²) < 4.78 is 29.9. The first-order valence-corrected chi connectivity index (χ1v) is 7.20. The van der Waals surface area contributed by atoms with E-state index in [1.54, 1.807) is 0 Å². The van der Waals surface area contributed by atoms with Gasteiger partial charge in [0.1, 0.15) is 0 Å². The van der Waals surface area contributed by atoms with Crippen molar-refractivity contribution in [2.75, 3.05) is 6.54 Å². The third kappa shape index (κ3) is 3.37. The van der Waals surface area contributed by atoms with Gasteiger partial charge in [0.25, 0.3) is 11.8 Å². The molecule has 3 heterocycles. The van der Waals surface area contributed by atoms with Gasteiger partial charge in [-0.05, 0) is 19.1 Å². The number of nitrogens with one attached hydrogen (secondary N) is 1. The fourth-order valence-corrected chi connectivity index (χ4v) is 2.41. The maximum atomic E-state index is 12.5. The molecule has 0 saturated carbocycles. The molecule has 0 atom stereocenters. The molecular weight excluding hydrogens is 336 g/mol. The Kier molecular flexibility index (Phi) is 4.26. The zero-order valence-corrected chi connectivity index (χ0v) is 13.0. The second-order valence-corrected chi connectivity index (χ2v) is 5.44. The maximum Gasteiger partial charge on any atom is 0.314 e. The van der Waals surface area contributed by atoms with Crippen molar-refractivity contribution in [3.05, 3.63) is 41.2 Å². The van der Waals surface area contributed by atoms with E-state index in [2.05, 4.69) is 15.2 Å². The number of fused-ring (bicyclic) bond motifs is 1. The standard InChI is InChI=1S/C15H13F2N5O3/c1-7(23)2-9(18)5-22-6-11-10(15(22)24)3-8(4-19-11)13-20-21-14(25-13)12(16)17/h2-4,12,18,23H,5-6H2,1H3/b7-2-,18-9?. The monoisotopic (exact) mass is 349 g/mol. The second-order valence-electron chi connectivity index (χ2n) is 5.44. The van der Waals surface area contributed by atoms with Gasteiger partial charge in [-0.25, -0.2) is 0 Å². The van der Waals surface area contributed by atoms with Crippen molar-refractivity contribution in [3.8, 4) is 11.5 Å². The molecule has 0 saturated heterocycles. The lowest BCUT2D eigenvalue weighted by Crippen LogP contribution is -2.29. The average Bonchev–Trinajstić information content (AvgIpc) is 3.13. The quantitative estimate of drug-likeness (QED) is 0.633. The number of rotatable bonds is 5. The van der Waals surface area contributed by atoms with Gasteiger partial charge in [-0.2, -0.15) is 8.78 Å². The summed E-state index contributed by atoms with van der Waals surface area (Å²) in [7, 11) is 0. The van der Waals surface area contributed by atoms with Gasteiger partial charge in [-0.1, -0.05) is 0 Å². The molecular formula is C15H13F2N5O3. The number of allylic oxidation sites excluding steroid dienone is 1. The number of aromatic nitrogens is 3. The number of hydrogen-bond acceptors (Lipinski definition) is 7. The van der Waals surface area contributed by atoms with Crippen LogP contribution in [0.15, 0.2) is 28.5 Å². The van der Waals surface area contributed by atoms with E-state index in [0.29, 0.717) is 5.69 Å². The topological polar surface area (TPSA) is 116 Å². The van der Waals surface area contributed by atoms with Gasteiger partial charge in [-0.3, -0.25) is 9.78 Å². The molecule has 2 N–H and O–H groups in total. The van der Waals surface area contributed by atoms with Crippen LogP contribution in [-0.4, -0.2) is 43.4 Å². The maximum absolute atomic E-state index is 12.5. The van der Waals surface area contributed by atoms with Crippen molar-refractivity contribution in [3.63, 3.8) is 0 Å². The van der Waals surface area contributed by atoms with Crippen molar-refractivity contribution in [1.29, 1.82) is 5.41 Å². The zero-order chi connectivity index (χ0) is 18.1. The highest BCUT2D eigenvalue weighted by Crippen LogP contribution is 2.27. The van der Waals surface area contributed by atoms with E-state index in [9.17, 15) is 13.6 Å². The van der Waals surface area contributed by atoms with Crippen LogP contribution in [0.2, 0.25) is 0 Å². The van der Waals surface area contributed by atoms with Gasteiger partial charge in [0.05, 0.1) is 41.4 Å². The number of halogens is 2. The average molecular weight is 349 g/mol. The normalized spacial score (nSPS) is 14.3. The number of carbonyl (C=O) groups is 1. The Morgan fingerprint density at radius 3 is 2.92 bits per heavy atom. The molecule has 0 fully saturated rings. The van der Waals surface area contributed by atoms with Crippen molar-refractivity contribution in [1.82, 2.24) is 20.1 Å². The molecule has 130 valence electrons. The lowest BCUT2D eigenvalue weighted by Gasteiger charge is -2.14. The summed E-state index contributed by atoms with van der Waals surface area (Å²) in [5.41, 5.74) is 1.11. The largest absolute Gasteiger partial charge is 0.513 e. The number of alkyl halides is 2. The Balaban J connectivity index is 1.82. The Labute approximate surface area is 140 Å². The smallest absolute Gasteiger partial charge is 0.314 e. The zero-order valence-electron chi connectivity index (χ0n) is 13.0. The Morgan fingerprint density at radius 1 is 1.52 bits per heavy atom. The number of pyridine rings is 1. The molecule has 10 heteroatoms. The Hall–Kier alpha value is -3.17. The van der Waals surface area contributed by atoms with Gasteiger partial charge in [0, 0.05) is 6.20 Å². The third-order valence-corrected chi connectivity index (χ3v) is 3.45. The summed E-state index contributed by atoms with van der Waals surface area (Å²) in [4.78, 5) is 18.0. The SMILES string of the molecule is C/C(O)=C/C(=N)CN1Cc2ncc(-c3nnc(C(F)F)o3)cc2C1=O. The molecule has 0 aromatic carbocycles. The van der Waals surface area contributed by atoms with Crippen LogP contribution in [0.5, 0.6) is 0 Å². The predicted molar refractivity (Wildman–Crippen MR) is 81.3 cm³/mol. The first kappa shape index (κ1) is 16.7. The fraction of sp³-hybridized carbons (Fsp3) is 0.267. The summed E-state index contributed by atoms with van der Waals surface area (Å²) in [6.07, 6.45) is -0.268. The molecule has 0 spiro atoms. The van der Waals surface area contributed by atoms with E-state index >= 15 is 0 Å². The summed E-state index contributed by atoms with van der Waals surface area (Å²) in [6.45, 7) is 1.65. The predicted octanol–water partition coefficient (Wildman–Crippen LogP) is 2.51. The summed E-state index contributed by atoms with van der Waals surface area (Å²) in [5, 5.41) is 23.7. The molecule has 0 aliphatic carbocycles. The van der Waals surface area contributed by atoms with E-state index in [1.807, 2.05) is 0 Å². The number of amides is 1. The van der Waals surface area contributed by atoms with Crippen LogP contribution in [-0.2, 0) is 6.54 Å². The number of carbonyl (C=O) groups excluding carboxylic acids is 1. The summed E-state index contributed by atoms with van der Waals surface area (Å²) in [6, 6.07) is 1.45. The van der Waals surface area contributed by atoms with Crippen LogP contribution in [0, 0.1) is 5.41 Å². The fourth-order valence-electron chi connectivity index (χ4n) is 2.41. The van der Waals surface area contributed by atoms with Crippen LogP contribution in [0.4, 0.5) is 8.78 Å². The molecule has 1 aliphatic heterocycles. The van der Waals surface area contributed by atoms with Gasteiger partial charge in [0.2, 0.25) is 5.89 Å². The third-order valence-electron chi connectivity index (χ3n) is 3.45. The van der Waals surface area contributed by atoms with E-state index in [0.717, 1.165) is 0 Å². The molecule has 0 radical (unpaired) electrons. The van der Waals surface area contributed by atoms with Crippen molar-refractivity contribution >= 4 is 11.6 Å². The first-order chi connectivity index (χ1) is 11.8. The Bertz CT molecular complexity index is 874. The summed E-state index contributed by atoms with van der Waals surface area (Å²) in [5.74, 6) is -1.33. The molecule has 2 aromatic rings. The van der Waals surface area contributed by atoms with Crippen molar-refractivity contribution in [2.24, 2.45) is 0 Å². The molecule has 2 aromatic heterocycles. The van der Waals surface area contributed by atoms with Crippen LogP contribution >= 0.6 is 0 Å². The van der Waals surface area contributed by atoms with Crippen molar-refractivity contribution < 1.29 is 23.1 Å². The highest BCUT2D eigenvalue weighted by atomic mass is 19.3.